The summed E-state index contributed by atoms with van der Waals surface area (Å²) in [7, 11) is 0. The van der Waals surface area contributed by atoms with Gasteiger partial charge in [-0.1, -0.05) is 0 Å². The van der Waals surface area contributed by atoms with Crippen LogP contribution >= 0.6 is 0 Å². The number of aromatic nitrogens is 2. The zero-order valence-electron chi connectivity index (χ0n) is 17.0. The van der Waals surface area contributed by atoms with Crippen molar-refractivity contribution in [3.8, 4) is 11.5 Å². The monoisotopic (exact) mass is 429 g/mol. The zero-order chi connectivity index (χ0) is 22.1. The van der Waals surface area contributed by atoms with Gasteiger partial charge in [0, 0.05) is 42.8 Å². The molecule has 0 radical (unpaired) electrons. The maximum atomic E-state index is 12.8. The molecule has 1 amide bonds. The van der Waals surface area contributed by atoms with Crippen molar-refractivity contribution < 1.29 is 14.1 Å². The number of nitrogens with one attached hydrogen (secondary N) is 1. The number of pyridine rings is 1. The number of carbonyl (C=O) groups excluding carboxylic acids is 1. The number of carbonyl (C=O) groups is 1. The summed E-state index contributed by atoms with van der Waals surface area (Å²) < 4.78 is 5.76. The normalized spacial score (nSPS) is 13.4. The van der Waals surface area contributed by atoms with E-state index < -0.39 is 10.8 Å². The summed E-state index contributed by atoms with van der Waals surface area (Å²) in [6.45, 7) is 1.57. The molecule has 9 heteroatoms. The highest BCUT2D eigenvalue weighted by Crippen LogP contribution is 2.32. The predicted molar refractivity (Wildman–Crippen MR) is 120 cm³/mol. The Labute approximate surface area is 182 Å². The Morgan fingerprint density at radius 1 is 1.12 bits per heavy atom. The van der Waals surface area contributed by atoms with E-state index >= 15 is 0 Å². The molecule has 3 heterocycles. The highest BCUT2D eigenvalue weighted by molar-refractivity contribution is 6.05. The molecule has 9 nitrogen and oxygen atoms in total. The van der Waals surface area contributed by atoms with Crippen molar-refractivity contribution in [3.63, 3.8) is 0 Å². The van der Waals surface area contributed by atoms with E-state index in [0.717, 1.165) is 31.5 Å². The number of anilines is 2. The molecule has 2 aromatic carbocycles. The maximum absolute atomic E-state index is 12.8. The first kappa shape index (κ1) is 19.7. The van der Waals surface area contributed by atoms with Gasteiger partial charge in [-0.05, 0) is 55.3 Å². The van der Waals surface area contributed by atoms with Crippen LogP contribution < -0.4 is 10.2 Å². The number of rotatable bonds is 5. The Morgan fingerprint density at radius 3 is 2.72 bits per heavy atom. The lowest BCUT2D eigenvalue weighted by Crippen LogP contribution is -2.19. The molecule has 160 valence electrons. The Bertz CT molecular complexity index is 1310. The van der Waals surface area contributed by atoms with Crippen LogP contribution in [0.5, 0.6) is 0 Å². The fraction of sp³-hybridized carbons (Fsp3) is 0.174. The van der Waals surface area contributed by atoms with Crippen molar-refractivity contribution in [1.29, 1.82) is 0 Å². The highest BCUT2D eigenvalue weighted by Gasteiger charge is 2.24. The van der Waals surface area contributed by atoms with Gasteiger partial charge in [-0.25, -0.2) is 4.98 Å². The number of nitro benzene ring substituents is 1. The molecule has 32 heavy (non-hydrogen) atoms. The van der Waals surface area contributed by atoms with Crippen LogP contribution in [0.15, 0.2) is 65.3 Å². The fourth-order valence-electron chi connectivity index (χ4n) is 3.86. The lowest BCUT2D eigenvalue weighted by molar-refractivity contribution is -0.384. The minimum atomic E-state index is -0.439. The molecule has 1 aliphatic heterocycles. The van der Waals surface area contributed by atoms with Gasteiger partial charge in [-0.3, -0.25) is 19.9 Å². The molecule has 2 aromatic heterocycles. The second kappa shape index (κ2) is 8.10. The number of fused-ring (bicyclic) bond motifs is 1. The third-order valence-electron chi connectivity index (χ3n) is 5.43. The molecule has 0 aliphatic carbocycles. The molecular formula is C23H19N5O4. The number of hydrogen-bond donors (Lipinski definition) is 1. The highest BCUT2D eigenvalue weighted by atomic mass is 16.6. The van der Waals surface area contributed by atoms with Gasteiger partial charge >= 0.3 is 0 Å². The van der Waals surface area contributed by atoms with Gasteiger partial charge in [-0.15, -0.1) is 0 Å². The van der Waals surface area contributed by atoms with E-state index in [-0.39, 0.29) is 11.3 Å². The lowest BCUT2D eigenvalue weighted by Gasteiger charge is -2.17. The van der Waals surface area contributed by atoms with Crippen LogP contribution in [-0.2, 0) is 0 Å². The van der Waals surface area contributed by atoms with Crippen molar-refractivity contribution in [2.75, 3.05) is 23.3 Å². The molecule has 0 unspecified atom stereocenters. The SMILES string of the molecule is O=C(Nc1ccc2oc(-c3cccnc3)nc2c1)c1ccc(N2CCCC2)c([N+](=O)[O-])c1. The van der Waals surface area contributed by atoms with Crippen LogP contribution in [0.3, 0.4) is 0 Å². The van der Waals surface area contributed by atoms with Gasteiger partial charge < -0.3 is 14.6 Å². The van der Waals surface area contributed by atoms with E-state index in [1.54, 1.807) is 48.8 Å². The van der Waals surface area contributed by atoms with Gasteiger partial charge in [-0.2, -0.15) is 0 Å². The van der Waals surface area contributed by atoms with Crippen molar-refractivity contribution in [2.24, 2.45) is 0 Å². The van der Waals surface area contributed by atoms with E-state index in [1.165, 1.54) is 6.07 Å². The van der Waals surface area contributed by atoms with Crippen molar-refractivity contribution >= 4 is 34.1 Å². The van der Waals surface area contributed by atoms with E-state index in [1.807, 2.05) is 11.0 Å². The lowest BCUT2D eigenvalue weighted by atomic mass is 10.1. The molecule has 0 saturated carbocycles. The van der Waals surface area contributed by atoms with E-state index in [2.05, 4.69) is 15.3 Å². The smallest absolute Gasteiger partial charge is 0.293 e. The second-order valence-electron chi connectivity index (χ2n) is 7.55. The first-order valence-corrected chi connectivity index (χ1v) is 10.2. The van der Waals surface area contributed by atoms with Crippen molar-refractivity contribution in [2.45, 2.75) is 12.8 Å². The summed E-state index contributed by atoms with van der Waals surface area (Å²) in [5.74, 6) is 0.00102. The minimum absolute atomic E-state index is 0.0624. The van der Waals surface area contributed by atoms with Gasteiger partial charge in [0.05, 0.1) is 10.5 Å². The Kier molecular flexibility index (Phi) is 4.98. The van der Waals surface area contributed by atoms with Gasteiger partial charge in [0.2, 0.25) is 5.89 Å². The van der Waals surface area contributed by atoms with E-state index in [0.29, 0.717) is 28.4 Å². The third kappa shape index (κ3) is 3.76. The summed E-state index contributed by atoms with van der Waals surface area (Å²) >= 11 is 0. The number of oxazole rings is 1. The number of benzene rings is 2. The number of nitrogens with zero attached hydrogens (tertiary/aromatic N) is 4. The molecule has 1 saturated heterocycles. The fourth-order valence-corrected chi connectivity index (χ4v) is 3.86. The summed E-state index contributed by atoms with van der Waals surface area (Å²) in [6, 6.07) is 13.4. The third-order valence-corrected chi connectivity index (χ3v) is 5.43. The minimum Gasteiger partial charge on any atom is -0.436 e. The standard InChI is InChI=1S/C23H19N5O4/c29-22(15-5-7-19(20(12-15)28(30)31)27-10-1-2-11-27)25-17-6-8-21-18(13-17)26-23(32-21)16-4-3-9-24-14-16/h3-9,12-14H,1-2,10-11H2,(H,25,29). The van der Waals surface area contributed by atoms with Crippen LogP contribution in [-0.4, -0.2) is 33.9 Å². The maximum Gasteiger partial charge on any atom is 0.293 e. The first-order chi connectivity index (χ1) is 15.6. The zero-order valence-corrected chi connectivity index (χ0v) is 17.0. The molecule has 0 atom stereocenters. The van der Waals surface area contributed by atoms with Crippen LogP contribution in [0.1, 0.15) is 23.2 Å². The van der Waals surface area contributed by atoms with Crippen LogP contribution in [0, 0.1) is 10.1 Å². The summed E-state index contributed by atoms with van der Waals surface area (Å²) in [5, 5.41) is 14.4. The van der Waals surface area contributed by atoms with Gasteiger partial charge in [0.1, 0.15) is 11.2 Å². The topological polar surface area (TPSA) is 114 Å². The largest absolute Gasteiger partial charge is 0.436 e. The molecule has 1 aliphatic rings. The summed E-state index contributed by atoms with van der Waals surface area (Å²) in [6.07, 6.45) is 5.34. The molecule has 5 rings (SSSR count). The quantitative estimate of drug-likeness (QED) is 0.363. The van der Waals surface area contributed by atoms with Crippen LogP contribution in [0.25, 0.3) is 22.6 Å². The molecule has 0 bridgehead atoms. The molecular weight excluding hydrogens is 410 g/mol. The van der Waals surface area contributed by atoms with E-state index in [4.69, 9.17) is 4.42 Å². The van der Waals surface area contributed by atoms with Crippen molar-refractivity contribution in [3.05, 3.63) is 76.6 Å². The average molecular weight is 429 g/mol. The van der Waals surface area contributed by atoms with Crippen molar-refractivity contribution in [1.82, 2.24) is 9.97 Å². The number of hydrogen-bond acceptors (Lipinski definition) is 7. The Balaban J connectivity index is 1.39. The van der Waals surface area contributed by atoms with Crippen LogP contribution in [0.2, 0.25) is 0 Å². The number of nitro groups is 1. The molecule has 4 aromatic rings. The van der Waals surface area contributed by atoms with Crippen LogP contribution in [0.4, 0.5) is 17.1 Å². The average Bonchev–Trinajstić information content (AvgIpc) is 3.49. The molecule has 0 spiro atoms. The Hall–Kier alpha value is -4.27. The summed E-state index contributed by atoms with van der Waals surface area (Å²) in [4.78, 5) is 34.5. The summed E-state index contributed by atoms with van der Waals surface area (Å²) in [5.41, 5.74) is 3.13. The second-order valence-corrected chi connectivity index (χ2v) is 7.55. The van der Waals surface area contributed by atoms with Gasteiger partial charge in [0.15, 0.2) is 5.58 Å². The molecule has 1 N–H and O–H groups in total. The number of amides is 1. The van der Waals surface area contributed by atoms with E-state index in [9.17, 15) is 14.9 Å². The first-order valence-electron chi connectivity index (χ1n) is 10.2. The predicted octanol–water partition coefficient (Wildman–Crippen LogP) is 4.65. The Morgan fingerprint density at radius 2 is 1.97 bits per heavy atom. The molecule has 1 fully saturated rings. The van der Waals surface area contributed by atoms with Gasteiger partial charge in [0.25, 0.3) is 11.6 Å².